The van der Waals surface area contributed by atoms with Crippen molar-refractivity contribution in [3.8, 4) is 0 Å². The van der Waals surface area contributed by atoms with E-state index in [0.717, 1.165) is 11.1 Å². The Kier molecular flexibility index (Phi) is 2.22. The number of hydrogen-bond acceptors (Lipinski definition) is 2. The maximum absolute atomic E-state index is 9.53. The Hall–Kier alpha value is -1.44. The fraction of sp³-hybridized carbons (Fsp3) is 0.385. The van der Waals surface area contributed by atoms with E-state index >= 15 is 0 Å². The Balaban J connectivity index is 2.31. The third-order valence-electron chi connectivity index (χ3n) is 2.63. The maximum atomic E-state index is 9.53. The average molecular weight is 204 g/mol. The van der Waals surface area contributed by atoms with Crippen LogP contribution in [-0.4, -0.2) is 5.11 Å². The van der Waals surface area contributed by atoms with Crippen molar-refractivity contribution in [1.82, 2.24) is 0 Å². The van der Waals surface area contributed by atoms with Crippen LogP contribution < -0.4 is 0 Å². The van der Waals surface area contributed by atoms with Gasteiger partial charge >= 0.3 is 0 Å². The minimum atomic E-state index is -0.0776. The van der Waals surface area contributed by atoms with Gasteiger partial charge in [0.05, 0.1) is 5.57 Å². The van der Waals surface area contributed by atoms with E-state index in [9.17, 15) is 5.11 Å². The van der Waals surface area contributed by atoms with Gasteiger partial charge in [0, 0.05) is 0 Å². The highest BCUT2D eigenvalue weighted by Gasteiger charge is 2.40. The highest BCUT2D eigenvalue weighted by Crippen LogP contribution is 2.47. The van der Waals surface area contributed by atoms with E-state index in [1.54, 1.807) is 0 Å². The van der Waals surface area contributed by atoms with Gasteiger partial charge in [-0.05, 0) is 11.0 Å². The molecule has 1 aromatic rings. The number of aliphatic hydroxyl groups excluding tert-OH is 1. The molecule has 0 aromatic heterocycles. The fourth-order valence-corrected chi connectivity index (χ4v) is 1.86. The zero-order valence-corrected chi connectivity index (χ0v) is 9.32. The van der Waals surface area contributed by atoms with E-state index in [0.29, 0.717) is 0 Å². The van der Waals surface area contributed by atoms with Crippen LogP contribution >= 0.6 is 0 Å². The van der Waals surface area contributed by atoms with E-state index in [1.807, 2.05) is 30.3 Å². The zero-order chi connectivity index (χ0) is 11.1. The number of benzene rings is 1. The van der Waals surface area contributed by atoms with Gasteiger partial charge in [0.25, 0.3) is 5.95 Å². The number of ether oxygens (including phenoxy) is 1. The molecule has 2 heteroatoms. The summed E-state index contributed by atoms with van der Waals surface area (Å²) in [5.74, 6) is 0.0938. The summed E-state index contributed by atoms with van der Waals surface area (Å²) in [6.07, 6.45) is -0.0776. The normalized spacial score (nSPS) is 20.9. The lowest BCUT2D eigenvalue weighted by atomic mass is 9.79. The smallest absolute Gasteiger partial charge is 0.281 e. The quantitative estimate of drug-likeness (QED) is 0.757. The molecule has 1 aromatic carbocycles. The van der Waals surface area contributed by atoms with Crippen LogP contribution in [0.15, 0.2) is 41.9 Å². The lowest BCUT2D eigenvalue weighted by Gasteiger charge is -2.38. The molecule has 1 aliphatic rings. The summed E-state index contributed by atoms with van der Waals surface area (Å²) < 4.78 is 5.30. The lowest BCUT2D eigenvalue weighted by molar-refractivity contribution is -0.0280. The summed E-state index contributed by atoms with van der Waals surface area (Å²) >= 11 is 0. The van der Waals surface area contributed by atoms with Crippen LogP contribution in [0.5, 0.6) is 0 Å². The Morgan fingerprint density at radius 3 is 2.20 bits per heavy atom. The summed E-state index contributed by atoms with van der Waals surface area (Å²) in [5, 5.41) is 9.53. The first-order valence-electron chi connectivity index (χ1n) is 5.15. The summed E-state index contributed by atoms with van der Waals surface area (Å²) in [5.41, 5.74) is 2.02. The van der Waals surface area contributed by atoms with Gasteiger partial charge in [-0.1, -0.05) is 51.1 Å². The minimum Gasteiger partial charge on any atom is -0.481 e. The van der Waals surface area contributed by atoms with Gasteiger partial charge in [0.15, 0.2) is 6.10 Å². The Labute approximate surface area is 90.2 Å². The van der Waals surface area contributed by atoms with Crippen LogP contribution in [0.1, 0.15) is 32.4 Å². The van der Waals surface area contributed by atoms with Crippen LogP contribution in [0.3, 0.4) is 0 Å². The summed E-state index contributed by atoms with van der Waals surface area (Å²) in [6.45, 7) is 6.24. The van der Waals surface area contributed by atoms with Crippen LogP contribution in [0.4, 0.5) is 0 Å². The lowest BCUT2D eigenvalue weighted by Crippen LogP contribution is -2.29. The van der Waals surface area contributed by atoms with Crippen molar-refractivity contribution in [1.29, 1.82) is 0 Å². The average Bonchev–Trinajstić information content (AvgIpc) is 2.12. The number of aliphatic hydroxyl groups is 1. The molecular weight excluding hydrogens is 188 g/mol. The van der Waals surface area contributed by atoms with Crippen LogP contribution in [0.2, 0.25) is 0 Å². The van der Waals surface area contributed by atoms with Crippen molar-refractivity contribution in [2.75, 3.05) is 0 Å². The number of hydrogen-bond donors (Lipinski definition) is 1. The molecule has 80 valence electrons. The van der Waals surface area contributed by atoms with Crippen molar-refractivity contribution in [3.05, 3.63) is 47.4 Å². The summed E-state index contributed by atoms with van der Waals surface area (Å²) in [7, 11) is 0. The van der Waals surface area contributed by atoms with Gasteiger partial charge in [-0.25, -0.2) is 0 Å². The summed E-state index contributed by atoms with van der Waals surface area (Å²) in [4.78, 5) is 0. The Morgan fingerprint density at radius 1 is 1.13 bits per heavy atom. The Bertz CT molecular complexity index is 385. The van der Waals surface area contributed by atoms with E-state index < -0.39 is 0 Å². The first kappa shape index (κ1) is 10.1. The summed E-state index contributed by atoms with van der Waals surface area (Å²) in [6, 6.07) is 9.97. The molecule has 0 aliphatic carbocycles. The molecule has 0 bridgehead atoms. The number of rotatable bonds is 1. The fourth-order valence-electron chi connectivity index (χ4n) is 1.86. The van der Waals surface area contributed by atoms with Crippen molar-refractivity contribution in [2.45, 2.75) is 26.9 Å². The van der Waals surface area contributed by atoms with Gasteiger partial charge in [-0.2, -0.15) is 0 Å². The van der Waals surface area contributed by atoms with Crippen molar-refractivity contribution < 1.29 is 9.84 Å². The van der Waals surface area contributed by atoms with E-state index in [2.05, 4.69) is 20.8 Å². The van der Waals surface area contributed by atoms with E-state index in [-0.39, 0.29) is 17.5 Å². The Morgan fingerprint density at radius 2 is 1.73 bits per heavy atom. The third kappa shape index (κ3) is 1.72. The van der Waals surface area contributed by atoms with Crippen LogP contribution in [-0.2, 0) is 4.74 Å². The molecule has 0 radical (unpaired) electrons. The van der Waals surface area contributed by atoms with E-state index in [1.165, 1.54) is 0 Å². The topological polar surface area (TPSA) is 29.5 Å². The molecule has 1 heterocycles. The highest BCUT2D eigenvalue weighted by molar-refractivity contribution is 5.34. The molecule has 1 unspecified atom stereocenters. The molecular formula is C13H16O2. The molecule has 0 amide bonds. The maximum Gasteiger partial charge on any atom is 0.281 e. The second-order valence-corrected chi connectivity index (χ2v) is 4.88. The van der Waals surface area contributed by atoms with Gasteiger partial charge in [-0.3, -0.25) is 0 Å². The molecule has 1 N–H and O–H groups in total. The molecule has 15 heavy (non-hydrogen) atoms. The molecule has 0 saturated carbocycles. The second kappa shape index (κ2) is 3.30. The van der Waals surface area contributed by atoms with E-state index in [4.69, 9.17) is 4.74 Å². The monoisotopic (exact) mass is 204 g/mol. The molecule has 1 atom stereocenters. The minimum absolute atomic E-state index is 0.0527. The largest absolute Gasteiger partial charge is 0.481 e. The van der Waals surface area contributed by atoms with Crippen molar-refractivity contribution in [2.24, 2.45) is 5.41 Å². The van der Waals surface area contributed by atoms with Crippen molar-refractivity contribution in [3.63, 3.8) is 0 Å². The molecule has 0 spiro atoms. The van der Waals surface area contributed by atoms with Crippen LogP contribution in [0, 0.1) is 5.41 Å². The molecule has 0 saturated heterocycles. The van der Waals surface area contributed by atoms with Gasteiger partial charge < -0.3 is 9.84 Å². The standard InChI is InChI=1S/C13H16O2/c1-13(2,3)10-11(15-12(10)14)9-7-5-4-6-8-9/h4-8,11,14H,1-3H3. The van der Waals surface area contributed by atoms with Gasteiger partial charge in [0.2, 0.25) is 0 Å². The van der Waals surface area contributed by atoms with Gasteiger partial charge in [-0.15, -0.1) is 0 Å². The molecule has 0 fully saturated rings. The SMILES string of the molecule is CC(C)(C)C1=C(O)OC1c1ccccc1. The molecule has 2 nitrogen and oxygen atoms in total. The third-order valence-corrected chi connectivity index (χ3v) is 2.63. The molecule has 1 aliphatic heterocycles. The predicted octanol–water partition coefficient (Wildman–Crippen LogP) is 3.57. The van der Waals surface area contributed by atoms with Crippen molar-refractivity contribution >= 4 is 0 Å². The van der Waals surface area contributed by atoms with Gasteiger partial charge in [0.1, 0.15) is 0 Å². The second-order valence-electron chi connectivity index (χ2n) is 4.88. The molecule has 2 rings (SSSR count). The van der Waals surface area contributed by atoms with Crippen LogP contribution in [0.25, 0.3) is 0 Å². The predicted molar refractivity (Wildman–Crippen MR) is 59.4 cm³/mol. The first-order valence-corrected chi connectivity index (χ1v) is 5.15. The first-order chi connectivity index (χ1) is 7.00. The zero-order valence-electron chi connectivity index (χ0n) is 9.32. The highest BCUT2D eigenvalue weighted by atomic mass is 16.6.